The molecular formula is C14H24N2OS. The van der Waals surface area contributed by atoms with Gasteiger partial charge in [-0.2, -0.15) is 0 Å². The Bertz CT molecular complexity index is 327. The van der Waals surface area contributed by atoms with Crippen LogP contribution in [0.2, 0.25) is 0 Å². The molecule has 4 heteroatoms. The zero-order chi connectivity index (χ0) is 12.8. The lowest BCUT2D eigenvalue weighted by Gasteiger charge is -2.34. The van der Waals surface area contributed by atoms with Crippen molar-refractivity contribution in [2.45, 2.75) is 39.2 Å². The van der Waals surface area contributed by atoms with Crippen LogP contribution in [0.25, 0.3) is 0 Å². The first-order chi connectivity index (χ1) is 8.77. The predicted octanol–water partition coefficient (Wildman–Crippen LogP) is 3.34. The highest BCUT2D eigenvalue weighted by Gasteiger charge is 2.25. The second kappa shape index (κ2) is 7.22. The summed E-state index contributed by atoms with van der Waals surface area (Å²) in [6.07, 6.45) is 5.80. The molecule has 2 rings (SSSR count). The van der Waals surface area contributed by atoms with Crippen LogP contribution in [-0.2, 0) is 4.74 Å². The van der Waals surface area contributed by atoms with E-state index in [-0.39, 0.29) is 0 Å². The van der Waals surface area contributed by atoms with E-state index in [0.29, 0.717) is 12.0 Å². The van der Waals surface area contributed by atoms with Gasteiger partial charge in [0, 0.05) is 24.7 Å². The zero-order valence-electron chi connectivity index (χ0n) is 11.5. The molecule has 1 saturated heterocycles. The lowest BCUT2D eigenvalue weighted by molar-refractivity contribution is 0.0598. The highest BCUT2D eigenvalue weighted by Crippen LogP contribution is 2.31. The zero-order valence-corrected chi connectivity index (χ0v) is 12.3. The van der Waals surface area contributed by atoms with E-state index in [4.69, 9.17) is 4.74 Å². The molecule has 1 aliphatic rings. The first-order valence-corrected chi connectivity index (χ1v) is 7.86. The number of hydrogen-bond donors (Lipinski definition) is 0. The third kappa shape index (κ3) is 4.04. The van der Waals surface area contributed by atoms with Crippen molar-refractivity contribution in [1.29, 1.82) is 0 Å². The molecule has 1 atom stereocenters. The minimum absolute atomic E-state index is 0.529. The molecule has 0 aromatic carbocycles. The van der Waals surface area contributed by atoms with Gasteiger partial charge in [-0.25, -0.2) is 4.98 Å². The van der Waals surface area contributed by atoms with Crippen molar-refractivity contribution < 1.29 is 4.74 Å². The molecule has 0 amide bonds. The number of aromatic nitrogens is 1. The summed E-state index contributed by atoms with van der Waals surface area (Å²) in [4.78, 5) is 7.03. The van der Waals surface area contributed by atoms with E-state index in [9.17, 15) is 0 Å². The Morgan fingerprint density at radius 1 is 1.50 bits per heavy atom. The number of likely N-dealkylation sites (tertiary alicyclic amines) is 1. The van der Waals surface area contributed by atoms with E-state index in [1.54, 1.807) is 11.3 Å². The molecule has 102 valence electrons. The summed E-state index contributed by atoms with van der Waals surface area (Å²) in [6.45, 7) is 8.33. The van der Waals surface area contributed by atoms with Crippen molar-refractivity contribution in [3.63, 3.8) is 0 Å². The van der Waals surface area contributed by atoms with Crippen LogP contribution in [-0.4, -0.2) is 36.2 Å². The molecule has 1 fully saturated rings. The molecule has 0 unspecified atom stereocenters. The highest BCUT2D eigenvalue weighted by atomic mass is 32.1. The summed E-state index contributed by atoms with van der Waals surface area (Å²) in [7, 11) is 0. The SMILES string of the molecule is CC(C)COCCN1CCCC[C@H]1c1nccs1. The summed E-state index contributed by atoms with van der Waals surface area (Å²) in [5, 5.41) is 3.36. The van der Waals surface area contributed by atoms with E-state index < -0.39 is 0 Å². The maximum absolute atomic E-state index is 5.70. The highest BCUT2D eigenvalue weighted by molar-refractivity contribution is 7.09. The number of nitrogens with zero attached hydrogens (tertiary/aromatic N) is 2. The van der Waals surface area contributed by atoms with Crippen LogP contribution < -0.4 is 0 Å². The number of hydrogen-bond acceptors (Lipinski definition) is 4. The molecule has 0 radical (unpaired) electrons. The molecule has 0 N–H and O–H groups in total. The van der Waals surface area contributed by atoms with Crippen molar-refractivity contribution in [1.82, 2.24) is 9.88 Å². The average molecular weight is 268 g/mol. The van der Waals surface area contributed by atoms with Crippen LogP contribution in [0.15, 0.2) is 11.6 Å². The fraction of sp³-hybridized carbons (Fsp3) is 0.786. The number of rotatable bonds is 6. The molecule has 0 bridgehead atoms. The Hall–Kier alpha value is -0.450. The van der Waals surface area contributed by atoms with Crippen molar-refractivity contribution in [3.05, 3.63) is 16.6 Å². The summed E-state index contributed by atoms with van der Waals surface area (Å²) in [5.41, 5.74) is 0. The maximum Gasteiger partial charge on any atom is 0.110 e. The third-order valence-corrected chi connectivity index (χ3v) is 4.20. The lowest BCUT2D eigenvalue weighted by Crippen LogP contribution is -2.36. The molecule has 0 saturated carbocycles. The van der Waals surface area contributed by atoms with Gasteiger partial charge in [0.15, 0.2) is 0 Å². The van der Waals surface area contributed by atoms with Crippen molar-refractivity contribution in [3.8, 4) is 0 Å². The van der Waals surface area contributed by atoms with Crippen molar-refractivity contribution in [2.24, 2.45) is 5.92 Å². The van der Waals surface area contributed by atoms with E-state index in [2.05, 4.69) is 29.1 Å². The van der Waals surface area contributed by atoms with E-state index >= 15 is 0 Å². The lowest BCUT2D eigenvalue weighted by atomic mass is 10.0. The number of ether oxygens (including phenoxy) is 1. The number of thiazole rings is 1. The summed E-state index contributed by atoms with van der Waals surface area (Å²) in [6, 6.07) is 0.529. The second-order valence-electron chi connectivity index (χ2n) is 5.39. The Morgan fingerprint density at radius 3 is 3.11 bits per heavy atom. The Kier molecular flexibility index (Phi) is 5.60. The summed E-state index contributed by atoms with van der Waals surface area (Å²) < 4.78 is 5.70. The molecule has 1 aromatic rings. The van der Waals surface area contributed by atoms with Crippen LogP contribution in [0.3, 0.4) is 0 Å². The first-order valence-electron chi connectivity index (χ1n) is 6.98. The van der Waals surface area contributed by atoms with Gasteiger partial charge >= 0.3 is 0 Å². The van der Waals surface area contributed by atoms with Crippen LogP contribution in [0.4, 0.5) is 0 Å². The minimum Gasteiger partial charge on any atom is -0.380 e. The van der Waals surface area contributed by atoms with Gasteiger partial charge in [-0.15, -0.1) is 11.3 Å². The van der Waals surface area contributed by atoms with Crippen LogP contribution in [0.1, 0.15) is 44.2 Å². The Balaban J connectivity index is 1.81. The summed E-state index contributed by atoms with van der Waals surface area (Å²) >= 11 is 1.78. The molecule has 0 aliphatic carbocycles. The smallest absolute Gasteiger partial charge is 0.110 e. The monoisotopic (exact) mass is 268 g/mol. The Morgan fingerprint density at radius 2 is 2.39 bits per heavy atom. The van der Waals surface area contributed by atoms with Gasteiger partial charge in [0.2, 0.25) is 0 Å². The normalized spacial score (nSPS) is 21.6. The molecular weight excluding hydrogens is 244 g/mol. The maximum atomic E-state index is 5.70. The molecule has 0 spiro atoms. The molecule has 1 aliphatic heterocycles. The molecule has 1 aromatic heterocycles. The van der Waals surface area contributed by atoms with Gasteiger partial charge < -0.3 is 4.74 Å². The second-order valence-corrected chi connectivity index (χ2v) is 6.31. The van der Waals surface area contributed by atoms with Gasteiger partial charge in [0.25, 0.3) is 0 Å². The molecule has 2 heterocycles. The van der Waals surface area contributed by atoms with Gasteiger partial charge in [0.05, 0.1) is 12.6 Å². The van der Waals surface area contributed by atoms with Crippen molar-refractivity contribution >= 4 is 11.3 Å². The minimum atomic E-state index is 0.529. The first kappa shape index (κ1) is 14.0. The van der Waals surface area contributed by atoms with Crippen LogP contribution >= 0.6 is 11.3 Å². The predicted molar refractivity (Wildman–Crippen MR) is 75.9 cm³/mol. The topological polar surface area (TPSA) is 25.4 Å². The van der Waals surface area contributed by atoms with E-state index in [1.807, 2.05) is 6.20 Å². The van der Waals surface area contributed by atoms with Gasteiger partial charge in [-0.1, -0.05) is 20.3 Å². The van der Waals surface area contributed by atoms with E-state index in [0.717, 1.165) is 19.8 Å². The number of piperidine rings is 1. The van der Waals surface area contributed by atoms with Gasteiger partial charge in [-0.05, 0) is 25.3 Å². The fourth-order valence-electron chi connectivity index (χ4n) is 2.44. The molecule has 18 heavy (non-hydrogen) atoms. The van der Waals surface area contributed by atoms with Crippen molar-refractivity contribution in [2.75, 3.05) is 26.3 Å². The average Bonchev–Trinajstić information content (AvgIpc) is 2.88. The third-order valence-electron chi connectivity index (χ3n) is 3.32. The largest absolute Gasteiger partial charge is 0.380 e. The standard InChI is InChI=1S/C14H24N2OS/c1-12(2)11-17-9-8-16-7-4-3-5-13(16)14-15-6-10-18-14/h6,10,12-13H,3-5,7-9,11H2,1-2H3/t13-/m0/s1. The molecule has 3 nitrogen and oxygen atoms in total. The van der Waals surface area contributed by atoms with E-state index in [1.165, 1.54) is 30.8 Å². The Labute approximate surface area is 114 Å². The van der Waals surface area contributed by atoms with Crippen LogP contribution in [0.5, 0.6) is 0 Å². The van der Waals surface area contributed by atoms with Crippen LogP contribution in [0, 0.1) is 5.92 Å². The van der Waals surface area contributed by atoms with Gasteiger partial charge in [-0.3, -0.25) is 4.90 Å². The van der Waals surface area contributed by atoms with Gasteiger partial charge in [0.1, 0.15) is 5.01 Å². The quantitative estimate of drug-likeness (QED) is 0.740. The summed E-state index contributed by atoms with van der Waals surface area (Å²) in [5.74, 6) is 0.626. The fourth-order valence-corrected chi connectivity index (χ4v) is 3.25.